The molecule has 0 aromatic rings. The summed E-state index contributed by atoms with van der Waals surface area (Å²) in [6, 6.07) is 0. The third kappa shape index (κ3) is 15.4. The van der Waals surface area contributed by atoms with Gasteiger partial charge >= 0.3 is 0 Å². The van der Waals surface area contributed by atoms with Crippen LogP contribution < -0.4 is 0 Å². The van der Waals surface area contributed by atoms with Crippen LogP contribution >= 0.6 is 0 Å². The van der Waals surface area contributed by atoms with E-state index in [2.05, 4.69) is 32.1 Å². The summed E-state index contributed by atoms with van der Waals surface area (Å²) in [6.45, 7) is 4.44. The van der Waals surface area contributed by atoms with Crippen LogP contribution in [0.1, 0.15) is 84.5 Å². The van der Waals surface area contributed by atoms with E-state index in [1.165, 1.54) is 57.8 Å². The van der Waals surface area contributed by atoms with Gasteiger partial charge in [0.05, 0.1) is 6.10 Å². The lowest BCUT2D eigenvalue weighted by Gasteiger charge is -2.01. The Labute approximate surface area is 120 Å². The topological polar surface area (TPSA) is 20.2 Å². The molecule has 0 aliphatic rings. The van der Waals surface area contributed by atoms with E-state index in [4.69, 9.17) is 0 Å². The molecule has 0 saturated heterocycles. The van der Waals surface area contributed by atoms with Crippen molar-refractivity contribution in [2.45, 2.75) is 90.6 Å². The van der Waals surface area contributed by atoms with Crippen LogP contribution in [0, 0.1) is 0 Å². The second-order valence-electron chi connectivity index (χ2n) is 5.40. The predicted molar refractivity (Wildman–Crippen MR) is 86.4 cm³/mol. The van der Waals surface area contributed by atoms with Gasteiger partial charge in [-0.05, 0) is 25.7 Å². The second kappa shape index (κ2) is 15.5. The third-order valence-electron chi connectivity index (χ3n) is 3.35. The van der Waals surface area contributed by atoms with Crippen molar-refractivity contribution in [2.24, 2.45) is 0 Å². The number of hydrogen-bond acceptors (Lipinski definition) is 1. The third-order valence-corrected chi connectivity index (χ3v) is 3.35. The SMILES string of the molecule is CCCC/C=C/C(O)C/C=C\CCCCCCCC. The van der Waals surface area contributed by atoms with E-state index in [1.807, 2.05) is 6.08 Å². The predicted octanol–water partition coefficient (Wildman–Crippen LogP) is 5.79. The minimum atomic E-state index is -0.294. The van der Waals surface area contributed by atoms with E-state index in [9.17, 15) is 5.11 Å². The summed E-state index contributed by atoms with van der Waals surface area (Å²) in [5.41, 5.74) is 0. The smallest absolute Gasteiger partial charge is 0.0755 e. The first-order valence-electron chi connectivity index (χ1n) is 8.31. The molecule has 1 N–H and O–H groups in total. The molecule has 0 rings (SSSR count). The van der Waals surface area contributed by atoms with Gasteiger partial charge in [0.25, 0.3) is 0 Å². The van der Waals surface area contributed by atoms with Gasteiger partial charge < -0.3 is 5.11 Å². The molecule has 19 heavy (non-hydrogen) atoms. The van der Waals surface area contributed by atoms with Gasteiger partial charge in [0.2, 0.25) is 0 Å². The van der Waals surface area contributed by atoms with Crippen molar-refractivity contribution in [1.82, 2.24) is 0 Å². The molecular formula is C18H34O. The minimum absolute atomic E-state index is 0.294. The van der Waals surface area contributed by atoms with Crippen LogP contribution in [0.5, 0.6) is 0 Å². The lowest BCUT2D eigenvalue weighted by atomic mass is 10.1. The Kier molecular flexibility index (Phi) is 15.0. The molecule has 0 bridgehead atoms. The zero-order valence-electron chi connectivity index (χ0n) is 13.1. The second-order valence-corrected chi connectivity index (χ2v) is 5.40. The van der Waals surface area contributed by atoms with Gasteiger partial charge in [0, 0.05) is 0 Å². The van der Waals surface area contributed by atoms with Gasteiger partial charge in [0.1, 0.15) is 0 Å². The molecule has 0 aromatic heterocycles. The van der Waals surface area contributed by atoms with E-state index >= 15 is 0 Å². The van der Waals surface area contributed by atoms with E-state index in [1.54, 1.807) is 0 Å². The maximum atomic E-state index is 9.71. The van der Waals surface area contributed by atoms with Gasteiger partial charge in [-0.2, -0.15) is 0 Å². The molecule has 0 spiro atoms. The van der Waals surface area contributed by atoms with E-state index in [0.717, 1.165) is 12.8 Å². The first-order chi connectivity index (χ1) is 9.31. The Balaban J connectivity index is 3.34. The maximum Gasteiger partial charge on any atom is 0.0755 e. The van der Waals surface area contributed by atoms with Crippen LogP contribution in [-0.2, 0) is 0 Å². The fourth-order valence-corrected chi connectivity index (χ4v) is 2.05. The molecule has 0 aliphatic heterocycles. The van der Waals surface area contributed by atoms with Crippen molar-refractivity contribution in [3.8, 4) is 0 Å². The van der Waals surface area contributed by atoms with Crippen LogP contribution in [0.2, 0.25) is 0 Å². The lowest BCUT2D eigenvalue weighted by Crippen LogP contribution is -1.98. The maximum absolute atomic E-state index is 9.71. The Morgan fingerprint density at radius 1 is 0.737 bits per heavy atom. The van der Waals surface area contributed by atoms with Crippen molar-refractivity contribution < 1.29 is 5.11 Å². The van der Waals surface area contributed by atoms with Crippen LogP contribution in [0.4, 0.5) is 0 Å². The van der Waals surface area contributed by atoms with Crippen molar-refractivity contribution in [2.75, 3.05) is 0 Å². The average molecular weight is 266 g/mol. The molecule has 0 radical (unpaired) electrons. The number of hydrogen-bond donors (Lipinski definition) is 1. The Morgan fingerprint density at radius 2 is 1.37 bits per heavy atom. The van der Waals surface area contributed by atoms with Gasteiger partial charge in [0.15, 0.2) is 0 Å². The van der Waals surface area contributed by atoms with Crippen LogP contribution in [-0.4, -0.2) is 11.2 Å². The molecular weight excluding hydrogens is 232 g/mol. The first-order valence-corrected chi connectivity index (χ1v) is 8.31. The normalized spacial score (nSPS) is 13.6. The van der Waals surface area contributed by atoms with Crippen LogP contribution in [0.3, 0.4) is 0 Å². The molecule has 1 atom stereocenters. The van der Waals surface area contributed by atoms with E-state index in [0.29, 0.717) is 0 Å². The highest BCUT2D eigenvalue weighted by Crippen LogP contribution is 2.07. The van der Waals surface area contributed by atoms with Crippen molar-refractivity contribution in [3.63, 3.8) is 0 Å². The quantitative estimate of drug-likeness (QED) is 0.330. The standard InChI is InChI=1S/C18H34O/c1-3-5-7-9-10-11-12-13-15-17-18(19)16-14-8-6-4-2/h13-16,18-19H,3-12,17H2,1-2H3/b15-13-,16-14+. The average Bonchev–Trinajstić information content (AvgIpc) is 2.42. The number of aliphatic hydroxyl groups is 1. The van der Waals surface area contributed by atoms with E-state index < -0.39 is 0 Å². The van der Waals surface area contributed by atoms with Gasteiger partial charge in [-0.3, -0.25) is 0 Å². The van der Waals surface area contributed by atoms with Gasteiger partial charge in [-0.15, -0.1) is 0 Å². The zero-order valence-corrected chi connectivity index (χ0v) is 13.1. The molecule has 1 heteroatoms. The number of rotatable bonds is 13. The molecule has 0 amide bonds. The van der Waals surface area contributed by atoms with Crippen molar-refractivity contribution in [1.29, 1.82) is 0 Å². The van der Waals surface area contributed by atoms with Gasteiger partial charge in [-0.1, -0.05) is 83.1 Å². The highest BCUT2D eigenvalue weighted by molar-refractivity contribution is 4.94. The number of unbranched alkanes of at least 4 members (excludes halogenated alkanes) is 8. The summed E-state index contributed by atoms with van der Waals surface area (Å²) >= 11 is 0. The largest absolute Gasteiger partial charge is 0.389 e. The molecule has 0 aliphatic carbocycles. The monoisotopic (exact) mass is 266 g/mol. The van der Waals surface area contributed by atoms with E-state index in [-0.39, 0.29) is 6.10 Å². The molecule has 0 heterocycles. The molecule has 0 saturated carbocycles. The summed E-state index contributed by atoms with van der Waals surface area (Å²) in [5.74, 6) is 0. The zero-order chi connectivity index (χ0) is 14.2. The highest BCUT2D eigenvalue weighted by Gasteiger charge is 1.94. The summed E-state index contributed by atoms with van der Waals surface area (Å²) in [4.78, 5) is 0. The minimum Gasteiger partial charge on any atom is -0.389 e. The molecule has 0 fully saturated rings. The molecule has 0 aromatic carbocycles. The summed E-state index contributed by atoms with van der Waals surface area (Å²) in [6.07, 6.45) is 21.7. The Hall–Kier alpha value is -0.560. The van der Waals surface area contributed by atoms with Crippen molar-refractivity contribution in [3.05, 3.63) is 24.3 Å². The molecule has 1 nitrogen and oxygen atoms in total. The fraction of sp³-hybridized carbons (Fsp3) is 0.778. The Bertz CT molecular complexity index is 218. The summed E-state index contributed by atoms with van der Waals surface area (Å²) in [7, 11) is 0. The highest BCUT2D eigenvalue weighted by atomic mass is 16.3. The summed E-state index contributed by atoms with van der Waals surface area (Å²) < 4.78 is 0. The lowest BCUT2D eigenvalue weighted by molar-refractivity contribution is 0.226. The molecule has 112 valence electrons. The Morgan fingerprint density at radius 3 is 2.11 bits per heavy atom. The first kappa shape index (κ1) is 18.4. The van der Waals surface area contributed by atoms with Crippen LogP contribution in [0.15, 0.2) is 24.3 Å². The van der Waals surface area contributed by atoms with Gasteiger partial charge in [-0.25, -0.2) is 0 Å². The van der Waals surface area contributed by atoms with Crippen molar-refractivity contribution >= 4 is 0 Å². The van der Waals surface area contributed by atoms with Crippen LogP contribution in [0.25, 0.3) is 0 Å². The fourth-order valence-electron chi connectivity index (χ4n) is 2.05. The summed E-state index contributed by atoms with van der Waals surface area (Å²) in [5, 5.41) is 9.71. The molecule has 1 unspecified atom stereocenters. The number of aliphatic hydroxyl groups excluding tert-OH is 1. The number of allylic oxidation sites excluding steroid dienone is 2.